The molecular weight excluding hydrogens is 242 g/mol. The largest absolute Gasteiger partial charge is 0.398 e. The summed E-state index contributed by atoms with van der Waals surface area (Å²) < 4.78 is 5.13. The van der Waals surface area contributed by atoms with Gasteiger partial charge in [0.25, 0.3) is 0 Å². The smallest absolute Gasteiger partial charge is 0.248 e. The first-order valence-corrected chi connectivity index (χ1v) is 6.53. The van der Waals surface area contributed by atoms with E-state index in [4.69, 9.17) is 16.2 Å². The van der Waals surface area contributed by atoms with Crippen molar-refractivity contribution in [3.05, 3.63) is 29.3 Å². The van der Waals surface area contributed by atoms with Crippen LogP contribution in [0, 0.1) is 0 Å². The second-order valence-corrected chi connectivity index (χ2v) is 4.97. The molecule has 1 fully saturated rings. The van der Waals surface area contributed by atoms with Gasteiger partial charge in [-0.2, -0.15) is 0 Å². The predicted molar refractivity (Wildman–Crippen MR) is 74.7 cm³/mol. The molecule has 5 heteroatoms. The highest BCUT2D eigenvalue weighted by Crippen LogP contribution is 2.29. The molecule has 2 rings (SSSR count). The van der Waals surface area contributed by atoms with Gasteiger partial charge in [0, 0.05) is 37.5 Å². The summed E-state index contributed by atoms with van der Waals surface area (Å²) in [6.07, 6.45) is 2.48. The molecule has 1 saturated carbocycles. The van der Waals surface area contributed by atoms with Gasteiger partial charge in [0.1, 0.15) is 0 Å². The van der Waals surface area contributed by atoms with E-state index in [0.29, 0.717) is 17.3 Å². The Balaban J connectivity index is 2.06. The quantitative estimate of drug-likeness (QED) is 0.718. The van der Waals surface area contributed by atoms with Crippen LogP contribution in [0.2, 0.25) is 0 Å². The summed E-state index contributed by atoms with van der Waals surface area (Å²) in [4.78, 5) is 13.5. The van der Waals surface area contributed by atoms with E-state index in [1.54, 1.807) is 19.2 Å². The highest BCUT2D eigenvalue weighted by molar-refractivity contribution is 5.93. The Hall–Kier alpha value is -1.59. The highest BCUT2D eigenvalue weighted by Gasteiger charge is 2.28. The van der Waals surface area contributed by atoms with Crippen LogP contribution in [-0.2, 0) is 11.3 Å². The van der Waals surface area contributed by atoms with E-state index in [9.17, 15) is 4.79 Å². The summed E-state index contributed by atoms with van der Waals surface area (Å²) in [6, 6.07) is 5.91. The van der Waals surface area contributed by atoms with Crippen molar-refractivity contribution in [1.29, 1.82) is 0 Å². The second kappa shape index (κ2) is 6.04. The van der Waals surface area contributed by atoms with Gasteiger partial charge >= 0.3 is 0 Å². The zero-order valence-electron chi connectivity index (χ0n) is 11.3. The molecule has 0 spiro atoms. The van der Waals surface area contributed by atoms with Crippen molar-refractivity contribution < 1.29 is 9.53 Å². The lowest BCUT2D eigenvalue weighted by Crippen LogP contribution is -2.29. The minimum absolute atomic E-state index is 0.448. The summed E-state index contributed by atoms with van der Waals surface area (Å²) in [7, 11) is 1.71. The fourth-order valence-corrected chi connectivity index (χ4v) is 2.15. The number of methoxy groups -OCH3 is 1. The molecule has 4 N–H and O–H groups in total. The number of hydrogen-bond donors (Lipinski definition) is 2. The fourth-order valence-electron chi connectivity index (χ4n) is 2.15. The Morgan fingerprint density at radius 2 is 2.21 bits per heavy atom. The maximum Gasteiger partial charge on any atom is 0.248 e. The van der Waals surface area contributed by atoms with Gasteiger partial charge in [-0.05, 0) is 30.5 Å². The standard InChI is InChI=1S/C14H21N3O2/c1-19-7-6-17(12-4-5-12)9-11-3-2-10(14(16)18)8-13(11)15/h2-3,8,12H,4-7,9,15H2,1H3,(H2,16,18). The van der Waals surface area contributed by atoms with Gasteiger partial charge in [0.15, 0.2) is 0 Å². The Bertz CT molecular complexity index is 458. The number of nitrogens with zero attached hydrogens (tertiary/aromatic N) is 1. The van der Waals surface area contributed by atoms with Gasteiger partial charge in [-0.25, -0.2) is 0 Å². The molecule has 1 aliphatic rings. The molecule has 1 aromatic rings. The Morgan fingerprint density at radius 1 is 1.47 bits per heavy atom. The lowest BCUT2D eigenvalue weighted by Gasteiger charge is -2.22. The number of hydrogen-bond acceptors (Lipinski definition) is 4. The predicted octanol–water partition coefficient (Wildman–Crippen LogP) is 0.979. The SMILES string of the molecule is COCCN(Cc1ccc(C(N)=O)cc1N)C1CC1. The van der Waals surface area contributed by atoms with Crippen LogP contribution in [-0.4, -0.2) is 37.1 Å². The van der Waals surface area contributed by atoms with Crippen LogP contribution in [0.3, 0.4) is 0 Å². The first kappa shape index (κ1) is 13.8. The number of carbonyl (C=O) groups is 1. The molecule has 0 saturated heterocycles. The maximum absolute atomic E-state index is 11.1. The Morgan fingerprint density at radius 3 is 2.74 bits per heavy atom. The third-order valence-electron chi connectivity index (χ3n) is 3.45. The van der Waals surface area contributed by atoms with Crippen molar-refractivity contribution in [3.63, 3.8) is 0 Å². The van der Waals surface area contributed by atoms with E-state index < -0.39 is 5.91 Å². The van der Waals surface area contributed by atoms with Crippen molar-refractivity contribution >= 4 is 11.6 Å². The molecule has 0 aromatic heterocycles. The van der Waals surface area contributed by atoms with E-state index in [-0.39, 0.29) is 0 Å². The van der Waals surface area contributed by atoms with Gasteiger partial charge in [-0.1, -0.05) is 6.07 Å². The van der Waals surface area contributed by atoms with Gasteiger partial charge in [-0.3, -0.25) is 9.69 Å². The summed E-state index contributed by atoms with van der Waals surface area (Å²) in [5.74, 6) is -0.448. The van der Waals surface area contributed by atoms with Gasteiger partial charge in [-0.15, -0.1) is 0 Å². The lowest BCUT2D eigenvalue weighted by molar-refractivity contribution is 0.100. The summed E-state index contributed by atoms with van der Waals surface area (Å²) in [5, 5.41) is 0. The molecule has 5 nitrogen and oxygen atoms in total. The van der Waals surface area contributed by atoms with Crippen LogP contribution < -0.4 is 11.5 Å². The van der Waals surface area contributed by atoms with E-state index in [1.807, 2.05) is 6.07 Å². The molecule has 0 atom stereocenters. The average molecular weight is 263 g/mol. The first-order chi connectivity index (χ1) is 9.11. The van der Waals surface area contributed by atoms with Crippen LogP contribution in [0.5, 0.6) is 0 Å². The van der Waals surface area contributed by atoms with Crippen molar-refractivity contribution in [3.8, 4) is 0 Å². The minimum atomic E-state index is -0.448. The van der Waals surface area contributed by atoms with E-state index in [0.717, 1.165) is 25.3 Å². The van der Waals surface area contributed by atoms with Crippen LogP contribution in [0.15, 0.2) is 18.2 Å². The number of amides is 1. The highest BCUT2D eigenvalue weighted by atomic mass is 16.5. The molecule has 104 valence electrons. The normalized spacial score (nSPS) is 14.8. The topological polar surface area (TPSA) is 81.6 Å². The minimum Gasteiger partial charge on any atom is -0.398 e. The monoisotopic (exact) mass is 263 g/mol. The number of carbonyl (C=O) groups excluding carboxylic acids is 1. The molecule has 0 heterocycles. The lowest BCUT2D eigenvalue weighted by atomic mass is 10.1. The first-order valence-electron chi connectivity index (χ1n) is 6.53. The molecule has 0 bridgehead atoms. The average Bonchev–Trinajstić information content (AvgIpc) is 3.20. The summed E-state index contributed by atoms with van der Waals surface area (Å²) in [5.41, 5.74) is 13.3. The maximum atomic E-state index is 11.1. The summed E-state index contributed by atoms with van der Waals surface area (Å²) >= 11 is 0. The molecular formula is C14H21N3O2. The number of rotatable bonds is 7. The van der Waals surface area contributed by atoms with Crippen LogP contribution in [0.1, 0.15) is 28.8 Å². The molecule has 0 aliphatic heterocycles. The number of nitrogens with two attached hydrogens (primary N) is 2. The third-order valence-corrected chi connectivity index (χ3v) is 3.45. The van der Waals surface area contributed by atoms with Gasteiger partial charge < -0.3 is 16.2 Å². The Kier molecular flexibility index (Phi) is 4.39. The molecule has 1 amide bonds. The molecule has 1 aromatic carbocycles. The number of benzene rings is 1. The number of anilines is 1. The van der Waals surface area contributed by atoms with Gasteiger partial charge in [0.05, 0.1) is 6.61 Å². The van der Waals surface area contributed by atoms with Gasteiger partial charge in [0.2, 0.25) is 5.91 Å². The van der Waals surface area contributed by atoms with Crippen molar-refractivity contribution in [2.75, 3.05) is 26.0 Å². The third kappa shape index (κ3) is 3.68. The molecule has 0 radical (unpaired) electrons. The van der Waals surface area contributed by atoms with E-state index >= 15 is 0 Å². The van der Waals surface area contributed by atoms with E-state index in [2.05, 4.69) is 4.90 Å². The zero-order chi connectivity index (χ0) is 13.8. The van der Waals surface area contributed by atoms with E-state index in [1.165, 1.54) is 12.8 Å². The number of primary amides is 1. The summed E-state index contributed by atoms with van der Waals surface area (Å²) in [6.45, 7) is 2.41. The fraction of sp³-hybridized carbons (Fsp3) is 0.500. The van der Waals surface area contributed by atoms with Crippen molar-refractivity contribution in [1.82, 2.24) is 4.90 Å². The van der Waals surface area contributed by atoms with Crippen molar-refractivity contribution in [2.24, 2.45) is 5.73 Å². The molecule has 1 aliphatic carbocycles. The van der Waals surface area contributed by atoms with Crippen LogP contribution in [0.4, 0.5) is 5.69 Å². The second-order valence-electron chi connectivity index (χ2n) is 4.97. The zero-order valence-corrected chi connectivity index (χ0v) is 11.3. The molecule has 19 heavy (non-hydrogen) atoms. The van der Waals surface area contributed by atoms with Crippen molar-refractivity contribution in [2.45, 2.75) is 25.4 Å². The number of nitrogen functional groups attached to an aromatic ring is 1. The van der Waals surface area contributed by atoms with Crippen LogP contribution >= 0.6 is 0 Å². The Labute approximate surface area is 113 Å². The molecule has 0 unspecified atom stereocenters. The van der Waals surface area contributed by atoms with Crippen LogP contribution in [0.25, 0.3) is 0 Å². The number of ether oxygens (including phenoxy) is 1.